The molecule has 3 heterocycles. The minimum atomic E-state index is -0.515. The monoisotopic (exact) mass is 336 g/mol. The van der Waals surface area contributed by atoms with Crippen LogP contribution in [0, 0.1) is 0 Å². The van der Waals surface area contributed by atoms with Crippen LogP contribution >= 0.6 is 0 Å². The molecule has 5 nitrogen and oxygen atoms in total. The van der Waals surface area contributed by atoms with E-state index in [0.717, 1.165) is 27.6 Å². The molecule has 1 aromatic carbocycles. The van der Waals surface area contributed by atoms with E-state index in [1.54, 1.807) is 4.90 Å². The standard InChI is InChI=1S/C20H20N2O3/c1-10(2)7-15-13-5-4-6-14-18(13)12(9-21-14)8-16-19(24)17(11(3)23)20(25)22(15)16/h4-7,9,15-16,21,24H,8H2,1-3H3/t15-,16+/m0/s1. The number of hydrogen-bond acceptors (Lipinski definition) is 3. The number of aromatic amines is 1. The van der Waals surface area contributed by atoms with Gasteiger partial charge in [0.2, 0.25) is 0 Å². The second-order valence-electron chi connectivity index (χ2n) is 7.02. The Hall–Kier alpha value is -2.82. The smallest absolute Gasteiger partial charge is 0.262 e. The first-order valence-electron chi connectivity index (χ1n) is 8.40. The highest BCUT2D eigenvalue weighted by atomic mass is 16.3. The molecule has 5 heteroatoms. The number of aliphatic hydroxyl groups excluding tert-OH is 1. The van der Waals surface area contributed by atoms with E-state index in [2.05, 4.69) is 4.98 Å². The lowest BCUT2D eigenvalue weighted by Crippen LogP contribution is -2.39. The van der Waals surface area contributed by atoms with Crippen molar-refractivity contribution in [2.45, 2.75) is 39.3 Å². The van der Waals surface area contributed by atoms with Gasteiger partial charge in [-0.25, -0.2) is 0 Å². The van der Waals surface area contributed by atoms with Crippen molar-refractivity contribution >= 4 is 22.6 Å². The second kappa shape index (κ2) is 5.34. The molecule has 25 heavy (non-hydrogen) atoms. The number of H-pyrrole nitrogens is 1. The summed E-state index contributed by atoms with van der Waals surface area (Å²) in [5.74, 6) is -0.880. The van der Waals surface area contributed by atoms with Crippen LogP contribution in [0.5, 0.6) is 0 Å². The SMILES string of the molecule is CC(=O)C1=C(O)[C@H]2Cc3c[nH]c4cccc(c34)[C@H](C=C(C)C)N2C1=O. The Balaban J connectivity index is 2.00. The highest BCUT2D eigenvalue weighted by molar-refractivity contribution is 6.20. The molecule has 0 saturated carbocycles. The molecular weight excluding hydrogens is 316 g/mol. The lowest BCUT2D eigenvalue weighted by atomic mass is 9.97. The van der Waals surface area contributed by atoms with Gasteiger partial charge < -0.3 is 15.0 Å². The quantitative estimate of drug-likeness (QED) is 0.652. The molecule has 4 rings (SSSR count). The molecule has 0 radical (unpaired) electrons. The van der Waals surface area contributed by atoms with Crippen LogP contribution in [0.4, 0.5) is 0 Å². The number of carbonyl (C=O) groups is 2. The Morgan fingerprint density at radius 1 is 1.32 bits per heavy atom. The van der Waals surface area contributed by atoms with Gasteiger partial charge in [0, 0.05) is 23.5 Å². The van der Waals surface area contributed by atoms with Crippen molar-refractivity contribution in [2.24, 2.45) is 0 Å². The number of hydrogen-bond donors (Lipinski definition) is 2. The van der Waals surface area contributed by atoms with Crippen LogP contribution in [0.15, 0.2) is 47.4 Å². The second-order valence-corrected chi connectivity index (χ2v) is 7.02. The van der Waals surface area contributed by atoms with Crippen molar-refractivity contribution in [3.05, 3.63) is 58.5 Å². The molecule has 0 aliphatic carbocycles. The number of nitrogens with one attached hydrogen (secondary N) is 1. The van der Waals surface area contributed by atoms with Crippen molar-refractivity contribution < 1.29 is 14.7 Å². The van der Waals surface area contributed by atoms with Crippen LogP contribution in [0.25, 0.3) is 10.9 Å². The van der Waals surface area contributed by atoms with Crippen molar-refractivity contribution in [1.29, 1.82) is 0 Å². The van der Waals surface area contributed by atoms with Gasteiger partial charge in [-0.2, -0.15) is 0 Å². The first kappa shape index (κ1) is 15.7. The number of nitrogens with zero attached hydrogens (tertiary/aromatic N) is 1. The average molecular weight is 336 g/mol. The molecule has 0 bridgehead atoms. The van der Waals surface area contributed by atoms with Crippen molar-refractivity contribution in [3.8, 4) is 0 Å². The minimum absolute atomic E-state index is 0.0803. The van der Waals surface area contributed by atoms with E-state index in [-0.39, 0.29) is 29.1 Å². The molecule has 128 valence electrons. The number of ketones is 1. The molecule has 1 aromatic heterocycles. The Morgan fingerprint density at radius 3 is 2.76 bits per heavy atom. The maximum Gasteiger partial charge on any atom is 0.262 e. The molecule has 0 spiro atoms. The van der Waals surface area contributed by atoms with Gasteiger partial charge in [0.25, 0.3) is 5.91 Å². The van der Waals surface area contributed by atoms with E-state index in [0.29, 0.717) is 6.42 Å². The molecule has 0 unspecified atom stereocenters. The van der Waals surface area contributed by atoms with Crippen LogP contribution in [-0.2, 0) is 16.0 Å². The molecule has 2 aliphatic heterocycles. The van der Waals surface area contributed by atoms with Gasteiger partial charge in [-0.3, -0.25) is 9.59 Å². The van der Waals surface area contributed by atoms with E-state index in [1.165, 1.54) is 6.92 Å². The number of carbonyl (C=O) groups excluding carboxylic acids is 2. The zero-order valence-corrected chi connectivity index (χ0v) is 14.5. The van der Waals surface area contributed by atoms with Gasteiger partial charge in [0.15, 0.2) is 5.78 Å². The molecule has 0 saturated heterocycles. The van der Waals surface area contributed by atoms with Gasteiger partial charge in [0.1, 0.15) is 11.3 Å². The van der Waals surface area contributed by atoms with E-state index in [1.807, 2.05) is 44.3 Å². The molecule has 2 atom stereocenters. The number of allylic oxidation sites excluding steroid dienone is 1. The predicted molar refractivity (Wildman–Crippen MR) is 95.1 cm³/mol. The number of benzene rings is 1. The van der Waals surface area contributed by atoms with Gasteiger partial charge in [0.05, 0.1) is 12.1 Å². The summed E-state index contributed by atoms with van der Waals surface area (Å²) >= 11 is 0. The van der Waals surface area contributed by atoms with Crippen LogP contribution in [0.1, 0.15) is 37.9 Å². The van der Waals surface area contributed by atoms with E-state index < -0.39 is 6.04 Å². The highest BCUT2D eigenvalue weighted by Crippen LogP contribution is 2.42. The molecule has 1 amide bonds. The largest absolute Gasteiger partial charge is 0.509 e. The van der Waals surface area contributed by atoms with Crippen molar-refractivity contribution in [3.63, 3.8) is 0 Å². The minimum Gasteiger partial charge on any atom is -0.509 e. The molecule has 2 aliphatic rings. The van der Waals surface area contributed by atoms with Crippen LogP contribution in [-0.4, -0.2) is 32.7 Å². The Bertz CT molecular complexity index is 976. The summed E-state index contributed by atoms with van der Waals surface area (Å²) in [6.07, 6.45) is 4.44. The fourth-order valence-corrected chi connectivity index (χ4v) is 4.06. The van der Waals surface area contributed by atoms with E-state index >= 15 is 0 Å². The maximum absolute atomic E-state index is 13.0. The first-order chi connectivity index (χ1) is 11.9. The number of rotatable bonds is 2. The topological polar surface area (TPSA) is 73.4 Å². The van der Waals surface area contributed by atoms with Crippen LogP contribution < -0.4 is 0 Å². The summed E-state index contributed by atoms with van der Waals surface area (Å²) in [5.41, 5.74) is 4.08. The fraction of sp³-hybridized carbons (Fsp3) is 0.300. The van der Waals surface area contributed by atoms with Gasteiger partial charge >= 0.3 is 0 Å². The van der Waals surface area contributed by atoms with Crippen LogP contribution in [0.3, 0.4) is 0 Å². The maximum atomic E-state index is 13.0. The predicted octanol–water partition coefficient (Wildman–Crippen LogP) is 3.34. The summed E-state index contributed by atoms with van der Waals surface area (Å²) in [5, 5.41) is 11.7. The number of amides is 1. The van der Waals surface area contributed by atoms with Gasteiger partial charge in [-0.05, 0) is 38.0 Å². The lowest BCUT2D eigenvalue weighted by molar-refractivity contribution is -0.130. The third-order valence-electron chi connectivity index (χ3n) is 5.05. The highest BCUT2D eigenvalue weighted by Gasteiger charge is 2.46. The Labute approximate surface area is 145 Å². The summed E-state index contributed by atoms with van der Waals surface area (Å²) in [6, 6.07) is 5.16. The zero-order valence-electron chi connectivity index (χ0n) is 14.5. The van der Waals surface area contributed by atoms with E-state index in [9.17, 15) is 14.7 Å². The third-order valence-corrected chi connectivity index (χ3v) is 5.05. The lowest BCUT2D eigenvalue weighted by Gasteiger charge is -2.31. The summed E-state index contributed by atoms with van der Waals surface area (Å²) in [4.78, 5) is 29.8. The number of fused-ring (bicyclic) bond motifs is 1. The van der Waals surface area contributed by atoms with Gasteiger partial charge in [-0.15, -0.1) is 0 Å². The summed E-state index contributed by atoms with van der Waals surface area (Å²) in [7, 11) is 0. The number of Topliss-reactive ketones (excluding diaryl/α,β-unsaturated/α-hetero) is 1. The molecular formula is C20H20N2O3. The summed E-state index contributed by atoms with van der Waals surface area (Å²) in [6.45, 7) is 5.30. The molecule has 2 N–H and O–H groups in total. The van der Waals surface area contributed by atoms with Crippen molar-refractivity contribution in [2.75, 3.05) is 0 Å². The normalized spacial score (nSPS) is 22.2. The average Bonchev–Trinajstić information content (AvgIpc) is 3.00. The molecule has 0 fully saturated rings. The Kier molecular flexibility index (Phi) is 3.35. The third kappa shape index (κ3) is 2.15. The number of aromatic nitrogens is 1. The fourth-order valence-electron chi connectivity index (χ4n) is 4.06. The molecule has 2 aromatic rings. The van der Waals surface area contributed by atoms with Gasteiger partial charge in [-0.1, -0.05) is 23.8 Å². The first-order valence-corrected chi connectivity index (χ1v) is 8.40. The summed E-state index contributed by atoms with van der Waals surface area (Å²) < 4.78 is 0. The van der Waals surface area contributed by atoms with Crippen LogP contribution in [0.2, 0.25) is 0 Å². The number of aliphatic hydroxyl groups is 1. The van der Waals surface area contributed by atoms with E-state index in [4.69, 9.17) is 0 Å². The van der Waals surface area contributed by atoms with Crippen molar-refractivity contribution in [1.82, 2.24) is 9.88 Å². The zero-order chi connectivity index (χ0) is 17.9. The Morgan fingerprint density at radius 2 is 2.08 bits per heavy atom.